The zero-order valence-electron chi connectivity index (χ0n) is 21.6. The quantitative estimate of drug-likeness (QED) is 0.266. The minimum atomic E-state index is 0.220. The minimum Gasteiger partial charge on any atom is -0.367 e. The second-order valence-electron chi connectivity index (χ2n) is 9.75. The molecule has 37 heavy (non-hydrogen) atoms. The van der Waals surface area contributed by atoms with Crippen LogP contribution < -0.4 is 15.5 Å². The summed E-state index contributed by atoms with van der Waals surface area (Å²) >= 11 is 0. The number of nitrogens with one attached hydrogen (secondary N) is 1. The number of allylic oxidation sites excluding steroid dienone is 2. The molecule has 4 nitrogen and oxygen atoms in total. The van der Waals surface area contributed by atoms with Gasteiger partial charge in [0.05, 0.1) is 0 Å². The molecule has 1 aliphatic carbocycles. The van der Waals surface area contributed by atoms with Crippen molar-refractivity contribution in [2.75, 3.05) is 18.0 Å². The van der Waals surface area contributed by atoms with Gasteiger partial charge in [-0.1, -0.05) is 67.6 Å². The molecule has 0 atom stereocenters. The third kappa shape index (κ3) is 5.91. The van der Waals surface area contributed by atoms with Crippen molar-refractivity contribution in [3.05, 3.63) is 100 Å². The van der Waals surface area contributed by atoms with Crippen molar-refractivity contribution < 1.29 is 4.79 Å². The van der Waals surface area contributed by atoms with Gasteiger partial charge in [0.15, 0.2) is 5.78 Å². The van der Waals surface area contributed by atoms with Crippen LogP contribution in [-0.2, 0) is 6.42 Å². The van der Waals surface area contributed by atoms with Crippen LogP contribution in [0.15, 0.2) is 83.6 Å². The third-order valence-corrected chi connectivity index (χ3v) is 7.21. The van der Waals surface area contributed by atoms with E-state index in [2.05, 4.69) is 82.5 Å². The number of carbonyl (C=O) groups is 1. The maximum atomic E-state index is 13.0. The molecule has 0 unspecified atom stereocenters. The number of aliphatic imine (C=N–C) groups is 1. The Morgan fingerprint density at radius 2 is 1.97 bits per heavy atom. The number of H-pyrrole nitrogens is 1. The molecule has 0 amide bonds. The van der Waals surface area contributed by atoms with Crippen LogP contribution in [0.4, 0.5) is 5.69 Å². The average molecular weight is 490 g/mol. The fourth-order valence-electron chi connectivity index (χ4n) is 5.18. The molecule has 5 rings (SSSR count). The smallest absolute Gasteiger partial charge is 0.165 e. The highest BCUT2D eigenvalue weighted by molar-refractivity contribution is 5.96. The van der Waals surface area contributed by atoms with E-state index in [1.165, 1.54) is 28.0 Å². The Balaban J connectivity index is 1.28. The maximum absolute atomic E-state index is 13.0. The molecule has 1 aromatic heterocycles. The van der Waals surface area contributed by atoms with Crippen LogP contribution in [0.3, 0.4) is 0 Å². The van der Waals surface area contributed by atoms with Gasteiger partial charge in [-0.3, -0.25) is 9.79 Å². The number of ketones is 1. The molecule has 3 aromatic rings. The van der Waals surface area contributed by atoms with Gasteiger partial charge in [0, 0.05) is 66.4 Å². The van der Waals surface area contributed by atoms with Gasteiger partial charge in [0.25, 0.3) is 0 Å². The summed E-state index contributed by atoms with van der Waals surface area (Å²) in [7, 11) is 0. The van der Waals surface area contributed by atoms with E-state index in [1.54, 1.807) is 0 Å². The molecule has 0 spiro atoms. The van der Waals surface area contributed by atoms with E-state index in [0.717, 1.165) is 61.3 Å². The number of hydrogen-bond donors (Lipinski definition) is 1. The van der Waals surface area contributed by atoms with Crippen molar-refractivity contribution in [3.8, 4) is 11.1 Å². The van der Waals surface area contributed by atoms with Crippen LogP contribution in [0.25, 0.3) is 23.3 Å². The first kappa shape index (κ1) is 24.8. The lowest BCUT2D eigenvalue weighted by Gasteiger charge is -2.28. The van der Waals surface area contributed by atoms with Gasteiger partial charge in [-0.25, -0.2) is 0 Å². The number of Topliss-reactive ketones (excluding diaryl/α,β-unsaturated/α-hetero) is 1. The Morgan fingerprint density at radius 1 is 1.08 bits per heavy atom. The molecule has 0 saturated carbocycles. The highest BCUT2D eigenvalue weighted by Gasteiger charge is 2.16. The molecule has 2 heterocycles. The van der Waals surface area contributed by atoms with Gasteiger partial charge in [0.1, 0.15) is 0 Å². The number of fused-ring (bicyclic) bond motifs is 1. The number of aromatic nitrogens is 1. The van der Waals surface area contributed by atoms with Gasteiger partial charge >= 0.3 is 0 Å². The predicted octanol–water partition coefficient (Wildman–Crippen LogP) is 5.98. The lowest BCUT2D eigenvalue weighted by molar-refractivity contribution is 0.0979. The van der Waals surface area contributed by atoms with Crippen molar-refractivity contribution >= 4 is 29.8 Å². The minimum absolute atomic E-state index is 0.220. The Kier molecular flexibility index (Phi) is 7.95. The maximum Gasteiger partial charge on any atom is 0.165 e. The van der Waals surface area contributed by atoms with Crippen LogP contribution >= 0.6 is 0 Å². The van der Waals surface area contributed by atoms with E-state index in [9.17, 15) is 4.79 Å². The fourth-order valence-corrected chi connectivity index (χ4v) is 5.18. The number of hydrogen-bond acceptors (Lipinski definition) is 3. The number of benzene rings is 2. The summed E-state index contributed by atoms with van der Waals surface area (Å²) in [4.78, 5) is 23.1. The van der Waals surface area contributed by atoms with Crippen molar-refractivity contribution in [2.45, 2.75) is 45.4 Å². The van der Waals surface area contributed by atoms with Crippen molar-refractivity contribution in [2.24, 2.45) is 4.99 Å². The molecule has 0 bridgehead atoms. The van der Waals surface area contributed by atoms with Crippen LogP contribution in [0, 0.1) is 0 Å². The first-order chi connectivity index (χ1) is 18.2. The molecule has 2 aromatic carbocycles. The Hall–Kier alpha value is -3.92. The zero-order valence-corrected chi connectivity index (χ0v) is 21.6. The Morgan fingerprint density at radius 3 is 2.78 bits per heavy atom. The van der Waals surface area contributed by atoms with Crippen LogP contribution in [-0.4, -0.2) is 30.1 Å². The number of nitrogens with zero attached hydrogens (tertiary/aromatic N) is 2. The number of aromatic amines is 1. The molecule has 0 saturated heterocycles. The Labute approximate surface area is 219 Å². The van der Waals surface area contributed by atoms with E-state index in [4.69, 9.17) is 0 Å². The van der Waals surface area contributed by atoms with Crippen LogP contribution in [0.2, 0.25) is 0 Å². The van der Waals surface area contributed by atoms with Gasteiger partial charge in [0.2, 0.25) is 0 Å². The molecule has 188 valence electrons. The summed E-state index contributed by atoms with van der Waals surface area (Å²) in [5.41, 5.74) is 7.28. The van der Waals surface area contributed by atoms with E-state index >= 15 is 0 Å². The zero-order chi connectivity index (χ0) is 25.5. The molecule has 0 fully saturated rings. The summed E-state index contributed by atoms with van der Waals surface area (Å²) < 4.78 is 0. The first-order valence-electron chi connectivity index (χ1n) is 13.4. The predicted molar refractivity (Wildman–Crippen MR) is 156 cm³/mol. The van der Waals surface area contributed by atoms with E-state index in [0.29, 0.717) is 6.42 Å². The molecule has 1 aliphatic heterocycles. The molecular formula is C33H35N3O. The van der Waals surface area contributed by atoms with Gasteiger partial charge in [-0.2, -0.15) is 0 Å². The summed E-state index contributed by atoms with van der Waals surface area (Å²) in [6.07, 6.45) is 19.4. The van der Waals surface area contributed by atoms with Crippen molar-refractivity contribution in [3.63, 3.8) is 0 Å². The third-order valence-electron chi connectivity index (χ3n) is 7.21. The highest BCUT2D eigenvalue weighted by Crippen LogP contribution is 2.29. The Bertz CT molecular complexity index is 1460. The summed E-state index contributed by atoms with van der Waals surface area (Å²) in [6.45, 7) is 4.01. The average Bonchev–Trinajstić information content (AvgIpc) is 3.54. The van der Waals surface area contributed by atoms with E-state index in [-0.39, 0.29) is 5.78 Å². The second kappa shape index (κ2) is 11.9. The molecule has 2 aliphatic rings. The number of rotatable bonds is 11. The second-order valence-corrected chi connectivity index (χ2v) is 9.75. The summed E-state index contributed by atoms with van der Waals surface area (Å²) in [6, 6.07) is 17.4. The molecular weight excluding hydrogens is 454 g/mol. The van der Waals surface area contributed by atoms with Crippen molar-refractivity contribution in [1.82, 2.24) is 4.98 Å². The summed E-state index contributed by atoms with van der Waals surface area (Å²) in [5, 5.41) is 2.08. The largest absolute Gasteiger partial charge is 0.367 e. The number of carbonyl (C=O) groups excluding carboxylic acids is 1. The first-order valence-corrected chi connectivity index (χ1v) is 13.4. The van der Waals surface area contributed by atoms with E-state index < -0.39 is 0 Å². The lowest BCUT2D eigenvalue weighted by Crippen LogP contribution is -2.28. The SMILES string of the molecule is CCc1cc(-c2ccccc2)ccc1N(CCCCC(=O)c1c[nH]c2c1=CC=CCC=2)CC1=CN=CC1. The standard InChI is InChI=1S/C33H35N3O/c1-2-26-21-28(27-11-5-3-6-12-27)16-17-32(26)36(24-25-18-19-34-22-25)20-10-9-15-33(37)30-23-35-31-14-8-4-7-13-29(30)31/h3-7,11-14,16-17,19,21-23,35H,2,8-10,15,18,20,24H2,1H3. The summed E-state index contributed by atoms with van der Waals surface area (Å²) in [5.74, 6) is 0.220. The van der Waals surface area contributed by atoms with Crippen molar-refractivity contribution in [1.29, 1.82) is 0 Å². The van der Waals surface area contributed by atoms with Gasteiger partial charge in [-0.15, -0.1) is 0 Å². The van der Waals surface area contributed by atoms with Gasteiger partial charge < -0.3 is 9.88 Å². The van der Waals surface area contributed by atoms with Crippen LogP contribution in [0.5, 0.6) is 0 Å². The normalized spacial score (nSPS) is 13.9. The highest BCUT2D eigenvalue weighted by atomic mass is 16.1. The number of aryl methyl sites for hydroxylation is 1. The lowest BCUT2D eigenvalue weighted by atomic mass is 9.99. The topological polar surface area (TPSA) is 48.5 Å². The molecule has 4 heteroatoms. The number of unbranched alkanes of at least 4 members (excludes halogenated alkanes) is 1. The fraction of sp³-hybridized carbons (Fsp3) is 0.273. The molecule has 0 radical (unpaired) electrons. The van der Waals surface area contributed by atoms with E-state index in [1.807, 2.05) is 30.8 Å². The monoisotopic (exact) mass is 489 g/mol. The van der Waals surface area contributed by atoms with Gasteiger partial charge in [-0.05, 0) is 60.1 Å². The van der Waals surface area contributed by atoms with Crippen LogP contribution in [0.1, 0.15) is 54.9 Å². The number of anilines is 1. The molecule has 1 N–H and O–H groups in total.